The van der Waals surface area contributed by atoms with Crippen molar-refractivity contribution < 1.29 is 29.1 Å². The van der Waals surface area contributed by atoms with E-state index in [0.29, 0.717) is 6.42 Å². The molecule has 4 unspecified atom stereocenters. The molecular weight excluding hydrogens is 520 g/mol. The number of nitrogens with one attached hydrogen (secondary N) is 3. The van der Waals surface area contributed by atoms with E-state index in [-0.39, 0.29) is 50.5 Å². The average molecular weight is 563 g/mol. The molecule has 0 bridgehead atoms. The Bertz CT molecular complexity index is 1030. The fourth-order valence-corrected chi connectivity index (χ4v) is 3.78. The minimum Gasteiger partial charge on any atom is -0.480 e. The summed E-state index contributed by atoms with van der Waals surface area (Å²) < 4.78 is 0. The van der Waals surface area contributed by atoms with E-state index in [0.717, 1.165) is 5.56 Å². The molecular formula is C26H42N8O6. The Labute approximate surface area is 233 Å². The highest BCUT2D eigenvalue weighted by atomic mass is 16.4. The van der Waals surface area contributed by atoms with Gasteiger partial charge in [-0.15, -0.1) is 0 Å². The van der Waals surface area contributed by atoms with Gasteiger partial charge < -0.3 is 44.0 Å². The second kappa shape index (κ2) is 17.4. The van der Waals surface area contributed by atoms with Crippen molar-refractivity contribution in [3.8, 4) is 0 Å². The maximum absolute atomic E-state index is 13.4. The van der Waals surface area contributed by atoms with Crippen molar-refractivity contribution in [2.45, 2.75) is 76.5 Å². The van der Waals surface area contributed by atoms with Crippen molar-refractivity contribution in [3.63, 3.8) is 0 Å². The minimum atomic E-state index is -1.28. The second-order valence-electron chi connectivity index (χ2n) is 9.90. The van der Waals surface area contributed by atoms with Crippen LogP contribution >= 0.6 is 0 Å². The summed E-state index contributed by atoms with van der Waals surface area (Å²) >= 11 is 0. The van der Waals surface area contributed by atoms with Crippen LogP contribution in [-0.2, 0) is 30.4 Å². The Morgan fingerprint density at radius 2 is 1.43 bits per heavy atom. The van der Waals surface area contributed by atoms with Crippen LogP contribution in [0.3, 0.4) is 0 Å². The number of carboxylic acid groups (broad SMARTS) is 1. The molecule has 12 N–H and O–H groups in total. The van der Waals surface area contributed by atoms with Crippen molar-refractivity contribution in [2.75, 3.05) is 6.54 Å². The summed E-state index contributed by atoms with van der Waals surface area (Å²) in [5.41, 5.74) is 22.6. The molecule has 0 heterocycles. The molecule has 0 spiro atoms. The zero-order valence-corrected chi connectivity index (χ0v) is 23.0. The zero-order chi connectivity index (χ0) is 30.2. The number of carboxylic acids is 1. The molecule has 1 aromatic carbocycles. The van der Waals surface area contributed by atoms with Gasteiger partial charge in [-0.1, -0.05) is 44.2 Å². The van der Waals surface area contributed by atoms with Gasteiger partial charge in [0.05, 0.1) is 6.04 Å². The van der Waals surface area contributed by atoms with E-state index in [1.54, 1.807) is 44.2 Å². The van der Waals surface area contributed by atoms with Crippen LogP contribution < -0.4 is 38.9 Å². The summed E-state index contributed by atoms with van der Waals surface area (Å²) in [6.07, 6.45) is 0.504. The van der Waals surface area contributed by atoms with E-state index < -0.39 is 53.8 Å². The highest BCUT2D eigenvalue weighted by Crippen LogP contribution is 2.09. The molecule has 0 radical (unpaired) electrons. The Morgan fingerprint density at radius 3 is 1.98 bits per heavy atom. The Morgan fingerprint density at radius 1 is 0.850 bits per heavy atom. The predicted molar refractivity (Wildman–Crippen MR) is 149 cm³/mol. The van der Waals surface area contributed by atoms with Gasteiger partial charge in [0.2, 0.25) is 23.6 Å². The Kier molecular flexibility index (Phi) is 14.7. The van der Waals surface area contributed by atoms with Crippen LogP contribution in [0.15, 0.2) is 35.3 Å². The highest BCUT2D eigenvalue weighted by Gasteiger charge is 2.31. The summed E-state index contributed by atoms with van der Waals surface area (Å²) in [5, 5.41) is 17.1. The Hall–Kier alpha value is -4.20. The lowest BCUT2D eigenvalue weighted by Crippen LogP contribution is -2.57. The van der Waals surface area contributed by atoms with Crippen LogP contribution in [0.4, 0.5) is 0 Å². The van der Waals surface area contributed by atoms with Crippen molar-refractivity contribution in [1.82, 2.24) is 16.0 Å². The number of guanidine groups is 1. The molecule has 222 valence electrons. The number of primary amides is 1. The molecule has 0 aliphatic heterocycles. The number of hydrogen-bond donors (Lipinski definition) is 8. The number of carbonyl (C=O) groups excluding carboxylic acids is 4. The van der Waals surface area contributed by atoms with Crippen LogP contribution in [0.2, 0.25) is 0 Å². The molecule has 1 aromatic rings. The molecule has 0 aromatic heterocycles. The monoisotopic (exact) mass is 562 g/mol. The number of benzene rings is 1. The van der Waals surface area contributed by atoms with Crippen LogP contribution in [-0.4, -0.2) is 71.4 Å². The summed E-state index contributed by atoms with van der Waals surface area (Å²) in [6.45, 7) is 3.88. The normalized spacial score (nSPS) is 13.8. The van der Waals surface area contributed by atoms with Gasteiger partial charge in [-0.2, -0.15) is 0 Å². The third-order valence-corrected chi connectivity index (χ3v) is 5.85. The predicted octanol–water partition coefficient (Wildman–Crippen LogP) is -1.54. The quantitative estimate of drug-likeness (QED) is 0.0585. The molecule has 14 nitrogen and oxygen atoms in total. The summed E-state index contributed by atoms with van der Waals surface area (Å²) in [5.74, 6) is -4.15. The molecule has 4 atom stereocenters. The van der Waals surface area contributed by atoms with Crippen LogP contribution in [0.1, 0.15) is 51.5 Å². The van der Waals surface area contributed by atoms with E-state index in [9.17, 15) is 29.1 Å². The molecule has 1 rings (SSSR count). The lowest BCUT2D eigenvalue weighted by molar-refractivity contribution is -0.143. The zero-order valence-electron chi connectivity index (χ0n) is 23.0. The van der Waals surface area contributed by atoms with E-state index >= 15 is 0 Å². The van der Waals surface area contributed by atoms with Gasteiger partial charge in [-0.05, 0) is 37.2 Å². The van der Waals surface area contributed by atoms with Gasteiger partial charge in [-0.3, -0.25) is 24.2 Å². The maximum Gasteiger partial charge on any atom is 0.326 e. The van der Waals surface area contributed by atoms with Gasteiger partial charge in [0.25, 0.3) is 0 Å². The number of nitrogens with zero attached hydrogens (tertiary/aromatic N) is 1. The molecule has 0 saturated heterocycles. The fourth-order valence-electron chi connectivity index (χ4n) is 3.78. The maximum atomic E-state index is 13.4. The number of carbonyl (C=O) groups is 5. The van der Waals surface area contributed by atoms with Gasteiger partial charge in [-0.25, -0.2) is 4.79 Å². The van der Waals surface area contributed by atoms with E-state index in [1.165, 1.54) is 0 Å². The SMILES string of the molecule is CC(C)CC(NC(=O)C(CCC(N)=O)NC(=O)C(Cc1ccccc1)NC(=O)C(N)CCCN=C(N)N)C(=O)O. The van der Waals surface area contributed by atoms with Crippen LogP contribution in [0, 0.1) is 5.92 Å². The number of amides is 4. The number of nitrogens with two attached hydrogens (primary N) is 4. The molecule has 14 heteroatoms. The van der Waals surface area contributed by atoms with Crippen molar-refractivity contribution in [1.29, 1.82) is 0 Å². The summed E-state index contributed by atoms with van der Waals surface area (Å²) in [4.78, 5) is 66.1. The number of aliphatic carboxylic acids is 1. The van der Waals surface area contributed by atoms with E-state index in [4.69, 9.17) is 22.9 Å². The number of aliphatic imine (C=N–C) groups is 1. The third kappa shape index (κ3) is 13.6. The van der Waals surface area contributed by atoms with Gasteiger partial charge in [0, 0.05) is 19.4 Å². The van der Waals surface area contributed by atoms with Crippen molar-refractivity contribution in [3.05, 3.63) is 35.9 Å². The topological polar surface area (TPSA) is 258 Å². The molecule has 0 fully saturated rings. The fraction of sp³-hybridized carbons (Fsp3) is 0.538. The summed E-state index contributed by atoms with van der Waals surface area (Å²) in [6, 6.07) is 4.30. The van der Waals surface area contributed by atoms with Crippen molar-refractivity contribution in [2.24, 2.45) is 33.8 Å². The molecule has 4 amide bonds. The number of hydrogen-bond acceptors (Lipinski definition) is 7. The van der Waals surface area contributed by atoms with E-state index in [2.05, 4.69) is 20.9 Å². The first-order chi connectivity index (χ1) is 18.8. The molecule has 0 aliphatic rings. The first kappa shape index (κ1) is 33.8. The van der Waals surface area contributed by atoms with E-state index in [1.807, 2.05) is 0 Å². The number of rotatable bonds is 18. The van der Waals surface area contributed by atoms with Crippen LogP contribution in [0.25, 0.3) is 0 Å². The smallest absolute Gasteiger partial charge is 0.326 e. The van der Waals surface area contributed by atoms with Crippen LogP contribution in [0.5, 0.6) is 0 Å². The molecule has 0 saturated carbocycles. The van der Waals surface area contributed by atoms with Crippen molar-refractivity contribution >= 4 is 35.6 Å². The summed E-state index contributed by atoms with van der Waals surface area (Å²) in [7, 11) is 0. The largest absolute Gasteiger partial charge is 0.480 e. The average Bonchev–Trinajstić information content (AvgIpc) is 2.87. The Balaban J connectivity index is 3.08. The lowest BCUT2D eigenvalue weighted by Gasteiger charge is -2.25. The standard InChI is InChI=1S/C26H42N8O6/c1-15(2)13-20(25(39)40)34-23(37)18(10-11-21(28)35)32-24(38)19(14-16-7-4-3-5-8-16)33-22(36)17(27)9-6-12-31-26(29)30/h3-5,7-8,15,17-20H,6,9-14,27H2,1-2H3,(H2,28,35)(H,32,38)(H,33,36)(H,34,37)(H,39,40)(H4,29,30,31). The molecule has 0 aliphatic carbocycles. The highest BCUT2D eigenvalue weighted by molar-refractivity contribution is 5.94. The minimum absolute atomic E-state index is 0.0331. The second-order valence-corrected chi connectivity index (χ2v) is 9.90. The molecule has 40 heavy (non-hydrogen) atoms. The first-order valence-electron chi connectivity index (χ1n) is 13.1. The lowest BCUT2D eigenvalue weighted by atomic mass is 10.0. The third-order valence-electron chi connectivity index (χ3n) is 5.85. The van der Waals surface area contributed by atoms with Gasteiger partial charge in [0.1, 0.15) is 18.1 Å². The first-order valence-corrected chi connectivity index (χ1v) is 13.1. The van der Waals surface area contributed by atoms with Gasteiger partial charge >= 0.3 is 5.97 Å². The van der Waals surface area contributed by atoms with Gasteiger partial charge in [0.15, 0.2) is 5.96 Å².